The molecule has 0 spiro atoms. The molecule has 0 saturated heterocycles. The van der Waals surface area contributed by atoms with Crippen LogP contribution in [-0.2, 0) is 0 Å². The lowest BCUT2D eigenvalue weighted by atomic mass is 9.48. The lowest BCUT2D eigenvalue weighted by Crippen LogP contribution is -2.53. The number of fused-ring (bicyclic) bond motifs is 12. The molecule has 10 aromatic carbocycles. The Kier molecular flexibility index (Phi) is 8.01. The van der Waals surface area contributed by atoms with Gasteiger partial charge in [-0.25, -0.2) is 0 Å². The van der Waals surface area contributed by atoms with Crippen LogP contribution in [0.25, 0.3) is 71.2 Å². The highest BCUT2D eigenvalue weighted by molar-refractivity contribution is 6.88. The van der Waals surface area contributed by atoms with Crippen molar-refractivity contribution in [1.82, 2.24) is 9.05 Å². The predicted molar refractivity (Wildman–Crippen MR) is 277 cm³/mol. The maximum Gasteiger partial charge on any atom is 0.332 e. The van der Waals surface area contributed by atoms with Crippen molar-refractivity contribution in [3.8, 4) is 5.69 Å². The Morgan fingerprint density at radius 2 is 0.879 bits per heavy atom. The summed E-state index contributed by atoms with van der Waals surface area (Å²) >= 11 is 0. The van der Waals surface area contributed by atoms with E-state index in [0.29, 0.717) is 0 Å². The van der Waals surface area contributed by atoms with Crippen molar-refractivity contribution in [3.63, 3.8) is 0 Å². The number of hydrogen-bond donors (Lipinski definition) is 0. The smallest absolute Gasteiger partial charge is 0.332 e. The van der Waals surface area contributed by atoms with Crippen molar-refractivity contribution in [2.24, 2.45) is 0 Å². The summed E-state index contributed by atoms with van der Waals surface area (Å²) in [6.45, 7) is -0.223. The van der Waals surface area contributed by atoms with Crippen LogP contribution in [0.1, 0.15) is 0 Å². The average Bonchev–Trinajstić information content (AvgIpc) is 4.04. The van der Waals surface area contributed by atoms with Crippen LogP contribution in [0, 0.1) is 0 Å². The van der Waals surface area contributed by atoms with E-state index in [2.05, 4.69) is 255 Å². The molecule has 0 fully saturated rings. The van der Waals surface area contributed by atoms with Gasteiger partial charge < -0.3 is 23.3 Å². The molecule has 0 aliphatic carbocycles. The fourth-order valence-electron chi connectivity index (χ4n) is 11.0. The predicted octanol–water partition coefficient (Wildman–Crippen LogP) is 14.7. The molecule has 0 N–H and O–H groups in total. The molecule has 4 heterocycles. The van der Waals surface area contributed by atoms with E-state index in [1.165, 1.54) is 43.7 Å². The molecule has 3 aromatic heterocycles. The number of benzene rings is 10. The van der Waals surface area contributed by atoms with Crippen molar-refractivity contribution < 1.29 is 4.42 Å². The van der Waals surface area contributed by atoms with E-state index < -0.39 is 0 Å². The first-order chi connectivity index (χ1) is 32.8. The average molecular weight is 843 g/mol. The molecule has 6 heteroatoms. The standard InChI is InChI=1S/C60H39BN4O/c1-5-19-40(20-6-1)62(41-21-7-2-8-22-41)44-33-36-54-50(37-44)51-38-45(63(42-23-9-3-10-24-42)43-25-11-4-12-26-43)39-53-58(51)64(54)56-31-17-15-29-52(56)61(53)65-55-30-16-13-27-46(55)48-34-35-49-47-28-14-18-32-57(47)66-60(49)59(48)65/h1-39H. The molecule has 5 nitrogen and oxygen atoms in total. The van der Waals surface area contributed by atoms with Crippen LogP contribution < -0.4 is 20.7 Å². The largest absolute Gasteiger partial charge is 0.454 e. The van der Waals surface area contributed by atoms with Crippen molar-refractivity contribution in [2.45, 2.75) is 0 Å². The summed E-state index contributed by atoms with van der Waals surface area (Å²) in [6, 6.07) is 85.7. The van der Waals surface area contributed by atoms with Crippen LogP contribution in [-0.4, -0.2) is 15.9 Å². The normalized spacial score (nSPS) is 12.2. The molecule has 0 amide bonds. The summed E-state index contributed by atoms with van der Waals surface area (Å²) in [6.07, 6.45) is 0. The van der Waals surface area contributed by atoms with Gasteiger partial charge in [-0.05, 0) is 114 Å². The molecule has 0 bridgehead atoms. The fourth-order valence-corrected chi connectivity index (χ4v) is 11.0. The van der Waals surface area contributed by atoms with Crippen LogP contribution in [0.2, 0.25) is 0 Å². The zero-order valence-electron chi connectivity index (χ0n) is 35.8. The molecule has 0 unspecified atom stereocenters. The van der Waals surface area contributed by atoms with Gasteiger partial charge in [-0.2, -0.15) is 0 Å². The number of anilines is 6. The highest BCUT2D eigenvalue weighted by Gasteiger charge is 2.38. The highest BCUT2D eigenvalue weighted by Crippen LogP contribution is 2.45. The van der Waals surface area contributed by atoms with E-state index in [4.69, 9.17) is 4.42 Å². The Labute approximate surface area is 381 Å². The van der Waals surface area contributed by atoms with Gasteiger partial charge in [0.1, 0.15) is 5.58 Å². The lowest BCUT2D eigenvalue weighted by molar-refractivity contribution is 0.671. The number of nitrogens with zero attached hydrogens (tertiary/aromatic N) is 4. The van der Waals surface area contributed by atoms with E-state index >= 15 is 0 Å². The van der Waals surface area contributed by atoms with Crippen molar-refractivity contribution in [2.75, 3.05) is 9.80 Å². The SMILES string of the molecule is c1ccc(N(c2ccccc2)c2ccc3c(c2)c2cc(N(c4ccccc4)c4ccccc4)cc4c2n3-c2ccccc2B4n2c3ccccc3c3ccc4c5ccccc5oc4c32)cc1. The second-order valence-electron chi connectivity index (χ2n) is 17.3. The Bertz CT molecular complexity index is 3930. The van der Waals surface area contributed by atoms with Gasteiger partial charge in [0.15, 0.2) is 5.58 Å². The monoisotopic (exact) mass is 842 g/mol. The summed E-state index contributed by atoms with van der Waals surface area (Å²) in [5.41, 5.74) is 16.6. The Hall–Kier alpha value is -8.74. The third kappa shape index (κ3) is 5.36. The molecule has 66 heavy (non-hydrogen) atoms. The van der Waals surface area contributed by atoms with Gasteiger partial charge in [0.2, 0.25) is 0 Å². The first-order valence-corrected chi connectivity index (χ1v) is 22.6. The fraction of sp³-hybridized carbons (Fsp3) is 0. The van der Waals surface area contributed by atoms with Crippen molar-refractivity contribution >= 4 is 117 Å². The van der Waals surface area contributed by atoms with Gasteiger partial charge in [-0.3, -0.25) is 0 Å². The number of aromatic nitrogens is 2. The van der Waals surface area contributed by atoms with Crippen LogP contribution in [0.3, 0.4) is 0 Å². The topological polar surface area (TPSA) is 29.5 Å². The molecule has 308 valence electrons. The number of para-hydroxylation sites is 7. The van der Waals surface area contributed by atoms with Gasteiger partial charge >= 0.3 is 6.85 Å². The minimum Gasteiger partial charge on any atom is -0.454 e. The van der Waals surface area contributed by atoms with Crippen molar-refractivity contribution in [3.05, 3.63) is 237 Å². The maximum atomic E-state index is 6.95. The first-order valence-electron chi connectivity index (χ1n) is 22.6. The van der Waals surface area contributed by atoms with Gasteiger partial charge in [0, 0.05) is 77.6 Å². The lowest BCUT2D eigenvalue weighted by Gasteiger charge is -2.31. The summed E-state index contributed by atoms with van der Waals surface area (Å²) in [5, 5.41) is 6.99. The Morgan fingerprint density at radius 3 is 1.56 bits per heavy atom. The molecular formula is C60H39BN4O. The summed E-state index contributed by atoms with van der Waals surface area (Å²) < 4.78 is 12.1. The third-order valence-corrected chi connectivity index (χ3v) is 13.7. The van der Waals surface area contributed by atoms with Gasteiger partial charge in [0.05, 0.1) is 16.6 Å². The molecule has 0 radical (unpaired) electrons. The molecule has 13 aromatic rings. The Morgan fingerprint density at radius 1 is 0.333 bits per heavy atom. The quantitative estimate of drug-likeness (QED) is 0.150. The van der Waals surface area contributed by atoms with Gasteiger partial charge in [-0.1, -0.05) is 133 Å². The third-order valence-electron chi connectivity index (χ3n) is 13.7. The minimum absolute atomic E-state index is 0.223. The zero-order valence-corrected chi connectivity index (χ0v) is 35.8. The zero-order chi connectivity index (χ0) is 43.3. The maximum absolute atomic E-state index is 6.95. The number of rotatable bonds is 7. The number of furan rings is 1. The summed E-state index contributed by atoms with van der Waals surface area (Å²) in [7, 11) is 0. The van der Waals surface area contributed by atoms with E-state index in [9.17, 15) is 0 Å². The second kappa shape index (κ2) is 14.4. The van der Waals surface area contributed by atoms with Crippen LogP contribution in [0.5, 0.6) is 0 Å². The van der Waals surface area contributed by atoms with Crippen LogP contribution in [0.15, 0.2) is 241 Å². The van der Waals surface area contributed by atoms with E-state index in [1.807, 2.05) is 0 Å². The van der Waals surface area contributed by atoms with Crippen molar-refractivity contribution in [1.29, 1.82) is 0 Å². The first kappa shape index (κ1) is 36.7. The van der Waals surface area contributed by atoms with Gasteiger partial charge in [0.25, 0.3) is 0 Å². The molecular weight excluding hydrogens is 803 g/mol. The molecule has 0 atom stereocenters. The minimum atomic E-state index is -0.223. The summed E-state index contributed by atoms with van der Waals surface area (Å²) in [5.74, 6) is 0. The molecule has 14 rings (SSSR count). The molecule has 1 aliphatic rings. The summed E-state index contributed by atoms with van der Waals surface area (Å²) in [4.78, 5) is 4.77. The second-order valence-corrected chi connectivity index (χ2v) is 17.3. The number of hydrogen-bond acceptors (Lipinski definition) is 3. The van der Waals surface area contributed by atoms with E-state index in [1.54, 1.807) is 0 Å². The highest BCUT2D eigenvalue weighted by atomic mass is 16.3. The molecule has 0 saturated carbocycles. The van der Waals surface area contributed by atoms with Crippen LogP contribution in [0.4, 0.5) is 34.1 Å². The van der Waals surface area contributed by atoms with E-state index in [0.717, 1.165) is 72.6 Å². The van der Waals surface area contributed by atoms with E-state index in [-0.39, 0.29) is 6.85 Å². The van der Waals surface area contributed by atoms with Crippen LogP contribution >= 0.6 is 0 Å². The molecule has 1 aliphatic heterocycles. The Balaban J connectivity index is 1.14. The van der Waals surface area contributed by atoms with Gasteiger partial charge in [-0.15, -0.1) is 0 Å².